The fourth-order valence-electron chi connectivity index (χ4n) is 3.33. The van der Waals surface area contributed by atoms with E-state index in [0.29, 0.717) is 31.5 Å². The van der Waals surface area contributed by atoms with Crippen LogP contribution >= 0.6 is 0 Å². The van der Waals surface area contributed by atoms with Crippen LogP contribution in [-0.2, 0) is 19.1 Å². The molecule has 30 heavy (non-hydrogen) atoms. The lowest BCUT2D eigenvalue weighted by Gasteiger charge is -2.12. The van der Waals surface area contributed by atoms with Gasteiger partial charge in [0.05, 0.1) is 19.1 Å². The number of rotatable bonds is 20. The normalized spacial score (nSPS) is 12.4. The van der Waals surface area contributed by atoms with Crippen molar-refractivity contribution in [2.24, 2.45) is 17.8 Å². The maximum absolute atomic E-state index is 11.8. The van der Waals surface area contributed by atoms with Crippen LogP contribution in [0.1, 0.15) is 125 Å². The molecule has 0 bridgehead atoms. The van der Waals surface area contributed by atoms with Crippen LogP contribution in [0.15, 0.2) is 0 Å². The van der Waals surface area contributed by atoms with E-state index in [4.69, 9.17) is 9.47 Å². The first-order valence-electron chi connectivity index (χ1n) is 12.6. The number of carbonyl (C=O) groups excluding carboxylic acids is 2. The maximum atomic E-state index is 11.8. The molecule has 0 saturated carbocycles. The van der Waals surface area contributed by atoms with Gasteiger partial charge in [0.1, 0.15) is 0 Å². The van der Waals surface area contributed by atoms with E-state index in [1.165, 1.54) is 57.8 Å². The summed E-state index contributed by atoms with van der Waals surface area (Å²) in [7, 11) is 0. The Morgan fingerprint density at radius 2 is 0.967 bits per heavy atom. The molecular weight excluding hydrogens is 376 g/mol. The predicted octanol–water partition coefficient (Wildman–Crippen LogP) is 7.48. The van der Waals surface area contributed by atoms with Gasteiger partial charge in [-0.05, 0) is 24.7 Å². The van der Waals surface area contributed by atoms with E-state index in [-0.39, 0.29) is 17.9 Å². The number of unbranched alkanes of at least 4 members (excludes halogenated alkanes) is 11. The zero-order chi connectivity index (χ0) is 22.6. The number of esters is 2. The van der Waals surface area contributed by atoms with Gasteiger partial charge < -0.3 is 9.47 Å². The third kappa shape index (κ3) is 20.2. The van der Waals surface area contributed by atoms with Gasteiger partial charge in [-0.25, -0.2) is 0 Å². The highest BCUT2D eigenvalue weighted by Gasteiger charge is 2.14. The zero-order valence-electron chi connectivity index (χ0n) is 20.7. The van der Waals surface area contributed by atoms with E-state index in [9.17, 15) is 9.59 Å². The average molecular weight is 427 g/mol. The lowest BCUT2D eigenvalue weighted by Crippen LogP contribution is -2.17. The van der Waals surface area contributed by atoms with Gasteiger partial charge >= 0.3 is 11.9 Å². The highest BCUT2D eigenvalue weighted by Crippen LogP contribution is 2.15. The van der Waals surface area contributed by atoms with Gasteiger partial charge in [0.2, 0.25) is 0 Å². The molecule has 1 unspecified atom stereocenters. The van der Waals surface area contributed by atoms with Gasteiger partial charge in [-0.2, -0.15) is 0 Å². The Morgan fingerprint density at radius 1 is 0.567 bits per heavy atom. The minimum absolute atomic E-state index is 0.0326. The molecule has 0 N–H and O–H groups in total. The van der Waals surface area contributed by atoms with E-state index in [1.807, 2.05) is 6.92 Å². The molecule has 0 heterocycles. The first-order valence-corrected chi connectivity index (χ1v) is 12.6. The molecule has 1 atom stereocenters. The predicted molar refractivity (Wildman–Crippen MR) is 125 cm³/mol. The molecular formula is C26H50O4. The van der Waals surface area contributed by atoms with Gasteiger partial charge in [-0.15, -0.1) is 0 Å². The molecule has 0 aliphatic heterocycles. The highest BCUT2D eigenvalue weighted by molar-refractivity contribution is 5.71. The number of hydrogen-bond acceptors (Lipinski definition) is 4. The Bertz CT molecular complexity index is 417. The largest absolute Gasteiger partial charge is 0.465 e. The van der Waals surface area contributed by atoms with Crippen molar-refractivity contribution in [3.05, 3.63) is 0 Å². The van der Waals surface area contributed by atoms with Crippen molar-refractivity contribution in [3.8, 4) is 0 Å². The second-order valence-electron chi connectivity index (χ2n) is 9.78. The van der Waals surface area contributed by atoms with Gasteiger partial charge in [0.25, 0.3) is 0 Å². The van der Waals surface area contributed by atoms with Crippen molar-refractivity contribution in [2.75, 3.05) is 13.2 Å². The SMILES string of the molecule is CC(C)COC(=O)CCCCCCCCCCCCCCC(C)C(=O)OCC(C)C. The van der Waals surface area contributed by atoms with Crippen molar-refractivity contribution in [2.45, 2.75) is 125 Å². The number of carbonyl (C=O) groups is 2. The Morgan fingerprint density at radius 3 is 1.43 bits per heavy atom. The summed E-state index contributed by atoms with van der Waals surface area (Å²) in [6, 6.07) is 0. The van der Waals surface area contributed by atoms with Gasteiger partial charge in [-0.3, -0.25) is 9.59 Å². The van der Waals surface area contributed by atoms with Gasteiger partial charge in [0, 0.05) is 6.42 Å². The summed E-state index contributed by atoms with van der Waals surface area (Å²) >= 11 is 0. The molecule has 0 aromatic heterocycles. The van der Waals surface area contributed by atoms with Crippen LogP contribution in [0.25, 0.3) is 0 Å². The minimum atomic E-state index is -0.0378. The first kappa shape index (κ1) is 28.9. The molecule has 4 nitrogen and oxygen atoms in total. The Labute approximate surface area is 186 Å². The molecule has 0 aromatic carbocycles. The summed E-state index contributed by atoms with van der Waals surface area (Å²) in [5.74, 6) is 0.794. The molecule has 178 valence electrons. The molecule has 0 aliphatic carbocycles. The van der Waals surface area contributed by atoms with Crippen LogP contribution in [0.3, 0.4) is 0 Å². The third-order valence-electron chi connectivity index (χ3n) is 5.31. The van der Waals surface area contributed by atoms with Crippen LogP contribution in [0, 0.1) is 17.8 Å². The summed E-state index contributed by atoms with van der Waals surface area (Å²) in [6.07, 6.45) is 16.4. The summed E-state index contributed by atoms with van der Waals surface area (Å²) in [4.78, 5) is 23.4. The van der Waals surface area contributed by atoms with Crippen molar-refractivity contribution in [1.29, 1.82) is 0 Å². The summed E-state index contributed by atoms with van der Waals surface area (Å²) < 4.78 is 10.5. The molecule has 0 radical (unpaired) electrons. The Kier molecular flexibility index (Phi) is 19.2. The molecule has 0 fully saturated rings. The minimum Gasteiger partial charge on any atom is -0.465 e. The monoisotopic (exact) mass is 426 g/mol. The summed E-state index contributed by atoms with van der Waals surface area (Å²) in [5.41, 5.74) is 0. The van der Waals surface area contributed by atoms with Crippen LogP contribution in [0.2, 0.25) is 0 Å². The van der Waals surface area contributed by atoms with E-state index in [1.54, 1.807) is 0 Å². The van der Waals surface area contributed by atoms with Crippen molar-refractivity contribution in [3.63, 3.8) is 0 Å². The second-order valence-corrected chi connectivity index (χ2v) is 9.78. The van der Waals surface area contributed by atoms with E-state index in [2.05, 4.69) is 27.7 Å². The van der Waals surface area contributed by atoms with Crippen molar-refractivity contribution in [1.82, 2.24) is 0 Å². The Balaban J connectivity index is 3.30. The topological polar surface area (TPSA) is 52.6 Å². The van der Waals surface area contributed by atoms with Crippen molar-refractivity contribution < 1.29 is 19.1 Å². The lowest BCUT2D eigenvalue weighted by molar-refractivity contribution is -0.149. The van der Waals surface area contributed by atoms with E-state index < -0.39 is 0 Å². The summed E-state index contributed by atoms with van der Waals surface area (Å²) in [6.45, 7) is 11.3. The van der Waals surface area contributed by atoms with Crippen LogP contribution in [-0.4, -0.2) is 25.2 Å². The molecule has 0 rings (SSSR count). The lowest BCUT2D eigenvalue weighted by atomic mass is 10.0. The molecule has 0 saturated heterocycles. The quantitative estimate of drug-likeness (QED) is 0.149. The standard InChI is InChI=1S/C26H50O4/c1-22(2)20-29-25(27)19-17-15-13-11-9-7-6-8-10-12-14-16-18-24(5)26(28)30-21-23(3)4/h22-24H,6-21H2,1-5H3. The first-order chi connectivity index (χ1) is 14.3. The van der Waals surface area contributed by atoms with Crippen molar-refractivity contribution >= 4 is 11.9 Å². The van der Waals surface area contributed by atoms with Crippen LogP contribution < -0.4 is 0 Å². The molecule has 0 aromatic rings. The molecule has 4 heteroatoms. The summed E-state index contributed by atoms with van der Waals surface area (Å²) in [5, 5.41) is 0. The van der Waals surface area contributed by atoms with E-state index in [0.717, 1.165) is 25.7 Å². The fourth-order valence-corrected chi connectivity index (χ4v) is 3.33. The van der Waals surface area contributed by atoms with Crippen LogP contribution in [0.4, 0.5) is 0 Å². The smallest absolute Gasteiger partial charge is 0.308 e. The zero-order valence-corrected chi connectivity index (χ0v) is 20.7. The van der Waals surface area contributed by atoms with Gasteiger partial charge in [0.15, 0.2) is 0 Å². The van der Waals surface area contributed by atoms with E-state index >= 15 is 0 Å². The third-order valence-corrected chi connectivity index (χ3v) is 5.31. The number of hydrogen-bond donors (Lipinski definition) is 0. The highest BCUT2D eigenvalue weighted by atomic mass is 16.5. The second kappa shape index (κ2) is 19.9. The molecule has 0 aliphatic rings. The number of ether oxygens (including phenoxy) is 2. The van der Waals surface area contributed by atoms with Gasteiger partial charge in [-0.1, -0.05) is 105 Å². The Hall–Kier alpha value is -1.06. The molecule has 0 spiro atoms. The van der Waals surface area contributed by atoms with Crippen LogP contribution in [0.5, 0.6) is 0 Å². The maximum Gasteiger partial charge on any atom is 0.308 e. The fraction of sp³-hybridized carbons (Fsp3) is 0.923. The average Bonchev–Trinajstić information content (AvgIpc) is 2.70. The molecule has 0 amide bonds.